The maximum atomic E-state index is 11.8. The Bertz CT molecular complexity index is 519. The van der Waals surface area contributed by atoms with Crippen LogP contribution < -0.4 is 10.9 Å². The number of aromatic nitrogens is 2. The van der Waals surface area contributed by atoms with E-state index in [0.29, 0.717) is 0 Å². The van der Waals surface area contributed by atoms with Crippen molar-refractivity contribution in [2.45, 2.75) is 12.6 Å². The standard InChI is InChI=1S/C11H16ClN3O5/c1-19-6-7(16)3-13-8-4-14-15(5-9(17)20-2)11(18)10(8)12/h4,7,13,16H,3,5-6H2,1-2H3. The number of hydrogen-bond acceptors (Lipinski definition) is 7. The van der Waals surface area contributed by atoms with Gasteiger partial charge in [-0.1, -0.05) is 11.6 Å². The SMILES string of the molecule is COCC(O)CNc1cnn(CC(=O)OC)c(=O)c1Cl. The fraction of sp³-hybridized carbons (Fsp3) is 0.545. The number of esters is 1. The van der Waals surface area contributed by atoms with Gasteiger partial charge in [-0.2, -0.15) is 5.10 Å². The number of carbonyl (C=O) groups excluding carboxylic acids is 1. The highest BCUT2D eigenvalue weighted by Gasteiger charge is 2.13. The second kappa shape index (κ2) is 7.83. The van der Waals surface area contributed by atoms with Crippen molar-refractivity contribution in [2.75, 3.05) is 32.7 Å². The molecule has 0 aliphatic carbocycles. The summed E-state index contributed by atoms with van der Waals surface area (Å²) in [7, 11) is 2.67. The van der Waals surface area contributed by atoms with Gasteiger partial charge in [-0.15, -0.1) is 0 Å². The number of hydrogen-bond donors (Lipinski definition) is 2. The molecule has 0 amide bonds. The van der Waals surface area contributed by atoms with E-state index in [-0.39, 0.29) is 30.4 Å². The molecule has 1 heterocycles. The third kappa shape index (κ3) is 4.48. The number of methoxy groups -OCH3 is 2. The minimum absolute atomic E-state index is 0.117. The van der Waals surface area contributed by atoms with Gasteiger partial charge in [0.05, 0.1) is 31.7 Å². The van der Waals surface area contributed by atoms with Gasteiger partial charge in [0.15, 0.2) is 0 Å². The molecule has 0 spiro atoms. The van der Waals surface area contributed by atoms with Crippen molar-refractivity contribution in [3.8, 4) is 0 Å². The van der Waals surface area contributed by atoms with Crippen molar-refractivity contribution < 1.29 is 19.4 Å². The quantitative estimate of drug-likeness (QED) is 0.654. The molecule has 2 N–H and O–H groups in total. The van der Waals surface area contributed by atoms with Gasteiger partial charge < -0.3 is 19.9 Å². The average Bonchev–Trinajstić information content (AvgIpc) is 2.43. The summed E-state index contributed by atoms with van der Waals surface area (Å²) in [5.41, 5.74) is -0.351. The van der Waals surface area contributed by atoms with Crippen molar-refractivity contribution in [1.82, 2.24) is 9.78 Å². The monoisotopic (exact) mass is 305 g/mol. The highest BCUT2D eigenvalue weighted by molar-refractivity contribution is 6.32. The number of carbonyl (C=O) groups is 1. The first kappa shape index (κ1) is 16.4. The molecule has 0 aliphatic heterocycles. The third-order valence-electron chi connectivity index (χ3n) is 2.38. The highest BCUT2D eigenvalue weighted by Crippen LogP contribution is 2.15. The lowest BCUT2D eigenvalue weighted by Crippen LogP contribution is -2.29. The molecule has 0 saturated heterocycles. The van der Waals surface area contributed by atoms with E-state index >= 15 is 0 Å². The number of ether oxygens (including phenoxy) is 2. The molecule has 1 rings (SSSR count). The largest absolute Gasteiger partial charge is 0.468 e. The van der Waals surface area contributed by atoms with Crippen LogP contribution in [0.3, 0.4) is 0 Å². The minimum Gasteiger partial charge on any atom is -0.468 e. The second-order valence-electron chi connectivity index (χ2n) is 3.90. The maximum Gasteiger partial charge on any atom is 0.327 e. The first-order valence-corrected chi connectivity index (χ1v) is 6.10. The Kier molecular flexibility index (Phi) is 6.43. The van der Waals surface area contributed by atoms with E-state index in [1.807, 2.05) is 0 Å². The predicted molar refractivity (Wildman–Crippen MR) is 71.9 cm³/mol. The molecule has 0 saturated carbocycles. The summed E-state index contributed by atoms with van der Waals surface area (Å²) in [6.07, 6.45) is 0.556. The van der Waals surface area contributed by atoms with Gasteiger partial charge in [0.2, 0.25) is 0 Å². The van der Waals surface area contributed by atoms with Crippen LogP contribution in [0.1, 0.15) is 0 Å². The second-order valence-corrected chi connectivity index (χ2v) is 4.28. The first-order valence-electron chi connectivity index (χ1n) is 5.73. The molecule has 0 aromatic carbocycles. The van der Waals surface area contributed by atoms with E-state index in [4.69, 9.17) is 16.3 Å². The van der Waals surface area contributed by atoms with E-state index < -0.39 is 17.6 Å². The van der Waals surface area contributed by atoms with Crippen molar-refractivity contribution in [3.05, 3.63) is 21.6 Å². The molecular formula is C11H16ClN3O5. The van der Waals surface area contributed by atoms with E-state index in [1.54, 1.807) is 0 Å². The summed E-state index contributed by atoms with van der Waals surface area (Å²) >= 11 is 5.88. The summed E-state index contributed by atoms with van der Waals surface area (Å²) in [5, 5.41) is 15.9. The van der Waals surface area contributed by atoms with E-state index in [2.05, 4.69) is 15.2 Å². The van der Waals surface area contributed by atoms with Gasteiger partial charge in [0.25, 0.3) is 5.56 Å². The molecule has 0 bridgehead atoms. The Balaban J connectivity index is 2.78. The van der Waals surface area contributed by atoms with E-state index in [0.717, 1.165) is 4.68 Å². The molecule has 8 nitrogen and oxygen atoms in total. The van der Waals surface area contributed by atoms with Gasteiger partial charge in [-0.05, 0) is 0 Å². The lowest BCUT2D eigenvalue weighted by atomic mass is 10.3. The summed E-state index contributed by atoms with van der Waals surface area (Å²) < 4.78 is 10.1. The molecule has 1 unspecified atom stereocenters. The van der Waals surface area contributed by atoms with Gasteiger partial charge in [0, 0.05) is 13.7 Å². The number of nitrogens with zero attached hydrogens (tertiary/aromatic N) is 2. The van der Waals surface area contributed by atoms with Crippen LogP contribution in [0.4, 0.5) is 5.69 Å². The Hall–Kier alpha value is -1.64. The highest BCUT2D eigenvalue weighted by atomic mass is 35.5. The van der Waals surface area contributed by atoms with Crippen molar-refractivity contribution in [2.24, 2.45) is 0 Å². The molecule has 112 valence electrons. The summed E-state index contributed by atoms with van der Waals surface area (Å²) in [5.74, 6) is -0.605. The van der Waals surface area contributed by atoms with E-state index in [1.165, 1.54) is 20.4 Å². The molecule has 1 aromatic rings. The molecular weight excluding hydrogens is 290 g/mol. The summed E-state index contributed by atoms with van der Waals surface area (Å²) in [4.78, 5) is 22.9. The van der Waals surface area contributed by atoms with Crippen LogP contribution in [0, 0.1) is 0 Å². The van der Waals surface area contributed by atoms with E-state index in [9.17, 15) is 14.7 Å². The minimum atomic E-state index is -0.742. The van der Waals surface area contributed by atoms with Crippen LogP contribution in [0.2, 0.25) is 5.02 Å². The van der Waals surface area contributed by atoms with Gasteiger partial charge in [-0.25, -0.2) is 4.68 Å². The number of aliphatic hydroxyl groups is 1. The first-order chi connectivity index (χ1) is 9.49. The van der Waals surface area contributed by atoms with Crippen LogP contribution in [0.25, 0.3) is 0 Å². The lowest BCUT2D eigenvalue weighted by Gasteiger charge is -2.13. The molecule has 0 radical (unpaired) electrons. The van der Waals surface area contributed by atoms with Crippen LogP contribution in [-0.4, -0.2) is 54.3 Å². The third-order valence-corrected chi connectivity index (χ3v) is 2.74. The van der Waals surface area contributed by atoms with Crippen LogP contribution in [0.15, 0.2) is 11.0 Å². The number of anilines is 1. The number of halogens is 1. The number of nitrogens with one attached hydrogen (secondary N) is 1. The summed E-state index contributed by atoms with van der Waals surface area (Å²) in [6, 6.07) is 0. The zero-order valence-electron chi connectivity index (χ0n) is 11.1. The van der Waals surface area contributed by atoms with Crippen LogP contribution in [-0.2, 0) is 20.8 Å². The Morgan fingerprint density at radius 3 is 2.90 bits per heavy atom. The molecule has 1 atom stereocenters. The lowest BCUT2D eigenvalue weighted by molar-refractivity contribution is -0.141. The smallest absolute Gasteiger partial charge is 0.327 e. The number of rotatable bonds is 7. The molecule has 0 aliphatic rings. The van der Waals surface area contributed by atoms with Gasteiger partial charge in [0.1, 0.15) is 11.6 Å². The van der Waals surface area contributed by atoms with Crippen LogP contribution >= 0.6 is 11.6 Å². The molecule has 1 aromatic heterocycles. The molecule has 0 fully saturated rings. The van der Waals surface area contributed by atoms with Crippen molar-refractivity contribution >= 4 is 23.3 Å². The fourth-order valence-corrected chi connectivity index (χ4v) is 1.58. The Labute approximate surface area is 120 Å². The zero-order chi connectivity index (χ0) is 15.1. The normalized spacial score (nSPS) is 12.0. The van der Waals surface area contributed by atoms with Crippen LogP contribution in [0.5, 0.6) is 0 Å². The molecule has 9 heteroatoms. The van der Waals surface area contributed by atoms with Crippen molar-refractivity contribution in [1.29, 1.82) is 0 Å². The average molecular weight is 306 g/mol. The summed E-state index contributed by atoms with van der Waals surface area (Å²) in [6.45, 7) is -0.0191. The van der Waals surface area contributed by atoms with Gasteiger partial charge in [-0.3, -0.25) is 9.59 Å². The fourth-order valence-electron chi connectivity index (χ4n) is 1.37. The zero-order valence-corrected chi connectivity index (χ0v) is 11.9. The van der Waals surface area contributed by atoms with Gasteiger partial charge >= 0.3 is 5.97 Å². The Morgan fingerprint density at radius 2 is 2.30 bits per heavy atom. The van der Waals surface area contributed by atoms with Crippen molar-refractivity contribution in [3.63, 3.8) is 0 Å². The maximum absolute atomic E-state index is 11.8. The topological polar surface area (TPSA) is 103 Å². The number of aliphatic hydroxyl groups excluding tert-OH is 1. The molecule has 20 heavy (non-hydrogen) atoms. The predicted octanol–water partition coefficient (Wildman–Crippen LogP) is -0.511. The Morgan fingerprint density at radius 1 is 1.60 bits per heavy atom.